The van der Waals surface area contributed by atoms with Gasteiger partial charge >= 0.3 is 0 Å². The first-order valence-corrected chi connectivity index (χ1v) is 20.2. The van der Waals surface area contributed by atoms with Crippen molar-refractivity contribution < 1.29 is 4.70 Å². The molecule has 0 N–H and O–H groups in total. The highest BCUT2D eigenvalue weighted by Crippen LogP contribution is 2.46. The summed E-state index contributed by atoms with van der Waals surface area (Å²) >= 11 is 0. The molecule has 0 fully saturated rings. The van der Waals surface area contributed by atoms with Gasteiger partial charge in [-0.1, -0.05) is 113 Å². The van der Waals surface area contributed by atoms with Crippen molar-refractivity contribution in [3.8, 4) is 0 Å². The maximum absolute atomic E-state index is 12.6. The molecule has 0 unspecified atom stereocenters. The Morgan fingerprint density at radius 2 is 0.702 bits per heavy atom. The van der Waals surface area contributed by atoms with Crippen LogP contribution in [0.3, 0.4) is 0 Å². The average molecular weight is 639 g/mol. The van der Waals surface area contributed by atoms with Gasteiger partial charge in [0.15, 0.2) is 0 Å². The molecule has 0 aromatic heterocycles. The van der Waals surface area contributed by atoms with Crippen LogP contribution in [0.1, 0.15) is 196 Å². The van der Waals surface area contributed by atoms with Crippen LogP contribution in [0, 0.1) is 0 Å². The molecule has 2 aromatic carbocycles. The minimum absolute atomic E-state index is 1.02. The lowest BCUT2D eigenvalue weighted by Crippen LogP contribution is -2.09. The second-order valence-corrected chi connectivity index (χ2v) is 14.3. The van der Waals surface area contributed by atoms with E-state index in [1.807, 2.05) is 0 Å². The number of unbranched alkanes of at least 4 members (excludes halogenated alkanes) is 5. The zero-order chi connectivity index (χ0) is 34.2. The molecule has 0 saturated carbocycles. The fourth-order valence-corrected chi connectivity index (χ4v) is 7.88. The van der Waals surface area contributed by atoms with Crippen LogP contribution >= 0.6 is 0 Å². The smallest absolute Gasteiger partial charge is 0.211 e. The Morgan fingerprint density at radius 3 is 1.02 bits per heavy atom. The van der Waals surface area contributed by atoms with Crippen LogP contribution in [0.2, 0.25) is 0 Å². The quantitative estimate of drug-likeness (QED) is 0.0855. The van der Waals surface area contributed by atoms with Gasteiger partial charge in [0, 0.05) is 22.3 Å². The summed E-state index contributed by atoms with van der Waals surface area (Å²) < 4.78 is 1.67. The van der Waals surface area contributed by atoms with Gasteiger partial charge in [0.2, 0.25) is 11.4 Å². The van der Waals surface area contributed by atoms with E-state index in [-0.39, 0.29) is 0 Å². The second kappa shape index (κ2) is 20.8. The molecule has 1 aliphatic heterocycles. The zero-order valence-electron chi connectivity index (χ0n) is 32.1. The normalized spacial score (nSPS) is 13.5. The van der Waals surface area contributed by atoms with Gasteiger partial charge in [0.05, 0.1) is 0 Å². The maximum atomic E-state index is 12.6. The zero-order valence-corrected chi connectivity index (χ0v) is 32.1. The number of aryl methyl sites for hydroxylation is 4. The first-order valence-electron chi connectivity index (χ1n) is 20.2. The monoisotopic (exact) mass is 639 g/mol. The van der Waals surface area contributed by atoms with Crippen LogP contribution < -0.4 is 0 Å². The molecule has 260 valence electrons. The van der Waals surface area contributed by atoms with Gasteiger partial charge < -0.3 is 5.53 Å². The Kier molecular flexibility index (Phi) is 17.2. The fraction of sp³-hybridized carbons (Fsp3) is 0.644. The van der Waals surface area contributed by atoms with Gasteiger partial charge in [0.25, 0.3) is 0 Å². The van der Waals surface area contributed by atoms with E-state index < -0.39 is 0 Å². The van der Waals surface area contributed by atoms with Crippen molar-refractivity contribution in [3.05, 3.63) is 85.5 Å². The number of allylic oxidation sites excluding steroid dienone is 2. The van der Waals surface area contributed by atoms with Crippen LogP contribution in [0.5, 0.6) is 0 Å². The van der Waals surface area contributed by atoms with E-state index in [2.05, 4.69) is 79.7 Å². The van der Waals surface area contributed by atoms with Crippen LogP contribution in [0.25, 0.3) is 16.9 Å². The van der Waals surface area contributed by atoms with Gasteiger partial charge in [-0.05, 0) is 135 Å². The summed E-state index contributed by atoms with van der Waals surface area (Å²) in [6.07, 6.45) is 24.3. The molecule has 0 atom stereocenters. The molecule has 0 aliphatic carbocycles. The van der Waals surface area contributed by atoms with Crippen molar-refractivity contribution in [1.82, 2.24) is 0 Å². The van der Waals surface area contributed by atoms with E-state index in [4.69, 9.17) is 0 Å². The fourth-order valence-electron chi connectivity index (χ4n) is 7.88. The molecule has 1 heterocycles. The van der Waals surface area contributed by atoms with E-state index >= 15 is 0 Å². The molecule has 47 heavy (non-hydrogen) atoms. The van der Waals surface area contributed by atoms with Crippen LogP contribution in [0.4, 0.5) is 0 Å². The minimum atomic E-state index is 1.02. The summed E-state index contributed by atoms with van der Waals surface area (Å²) in [7, 11) is 0. The van der Waals surface area contributed by atoms with Gasteiger partial charge in [-0.15, -0.1) is 0 Å². The Balaban J connectivity index is 2.34. The van der Waals surface area contributed by atoms with Gasteiger partial charge in [0.1, 0.15) is 0 Å². The molecule has 3 rings (SSSR count). The molecule has 1 aliphatic rings. The molecule has 0 amide bonds. The van der Waals surface area contributed by atoms with Gasteiger partial charge in [-0.3, -0.25) is 0 Å². The number of hydrogen-bond acceptors (Lipinski definition) is 0. The minimum Gasteiger partial charge on any atom is -0.493 e. The summed E-state index contributed by atoms with van der Waals surface area (Å²) in [5.74, 6) is 0. The maximum Gasteiger partial charge on any atom is 0.211 e. The molecule has 0 bridgehead atoms. The molecule has 2 nitrogen and oxygen atoms in total. The second-order valence-electron chi connectivity index (χ2n) is 14.3. The molecular formula is C45H70N2. The highest BCUT2D eigenvalue weighted by Gasteiger charge is 2.36. The Labute approximate surface area is 291 Å². The molecular weight excluding hydrogens is 569 g/mol. The van der Waals surface area contributed by atoms with Crippen LogP contribution in [-0.2, 0) is 38.5 Å². The van der Waals surface area contributed by atoms with Crippen molar-refractivity contribution in [1.29, 1.82) is 0 Å². The summed E-state index contributed by atoms with van der Waals surface area (Å²) in [5.41, 5.74) is 29.2. The lowest BCUT2D eigenvalue weighted by Gasteiger charge is -2.19. The third kappa shape index (κ3) is 10.0. The predicted molar refractivity (Wildman–Crippen MR) is 207 cm³/mol. The van der Waals surface area contributed by atoms with Crippen LogP contribution in [0.15, 0.2) is 35.4 Å². The van der Waals surface area contributed by atoms with Crippen molar-refractivity contribution in [2.75, 3.05) is 0 Å². The molecule has 0 saturated heterocycles. The lowest BCUT2D eigenvalue weighted by molar-refractivity contribution is -0.345. The highest BCUT2D eigenvalue weighted by molar-refractivity contribution is 5.83. The predicted octanol–water partition coefficient (Wildman–Crippen LogP) is 14.1. The number of rotatable bonds is 23. The van der Waals surface area contributed by atoms with E-state index in [1.54, 1.807) is 15.8 Å². The largest absolute Gasteiger partial charge is 0.493 e. The SMILES string of the molecule is CCCCCC1=C(c2cc(CCC)c(CCCC)c(CCC)c2)[N+](=[N-])C(c2cc(CCC)c(CCCC)c(CCC)c2)=C1CCCC. The molecule has 0 radical (unpaired) electrons. The summed E-state index contributed by atoms with van der Waals surface area (Å²) in [4.78, 5) is 0. The summed E-state index contributed by atoms with van der Waals surface area (Å²) in [6.45, 7) is 18.5. The highest BCUT2D eigenvalue weighted by atomic mass is 15.2. The lowest BCUT2D eigenvalue weighted by atomic mass is 9.86. The summed E-state index contributed by atoms with van der Waals surface area (Å²) in [6, 6.07) is 9.91. The number of hydrogen-bond donors (Lipinski definition) is 0. The first kappa shape index (κ1) is 39.0. The molecule has 0 spiro atoms. The third-order valence-corrected chi connectivity index (χ3v) is 10.2. The average Bonchev–Trinajstić information content (AvgIpc) is 3.33. The van der Waals surface area contributed by atoms with E-state index in [0.717, 1.165) is 88.4 Å². The third-order valence-electron chi connectivity index (χ3n) is 10.2. The number of benzene rings is 2. The molecule has 2 aromatic rings. The Hall–Kier alpha value is -2.48. The number of nitrogens with zero attached hydrogens (tertiary/aromatic N) is 2. The van der Waals surface area contributed by atoms with E-state index in [9.17, 15) is 5.53 Å². The Bertz CT molecular complexity index is 1300. The van der Waals surface area contributed by atoms with E-state index in [1.165, 1.54) is 102 Å². The standard InChI is InChI=1S/C45H70N2/c1-9-17-21-29-43-42(28-20-12-4)44(38-30-34(22-13-5)40(26-18-10-2)35(31-38)23-14-6)47(46)45(43)39-32-36(24-15-7)41(27-19-11-3)37(33-39)25-16-8/h30-33H,9-29H2,1-8H3. The first-order chi connectivity index (χ1) is 22.9. The van der Waals surface area contributed by atoms with Gasteiger partial charge in [-0.25, -0.2) is 4.70 Å². The van der Waals surface area contributed by atoms with Crippen molar-refractivity contribution >= 4 is 11.4 Å². The Morgan fingerprint density at radius 1 is 0.383 bits per heavy atom. The summed E-state index contributed by atoms with van der Waals surface area (Å²) in [5, 5.41) is 0. The van der Waals surface area contributed by atoms with E-state index in [0.29, 0.717) is 0 Å². The topological polar surface area (TPSA) is 25.3 Å². The van der Waals surface area contributed by atoms with Crippen LogP contribution in [-0.4, -0.2) is 4.70 Å². The van der Waals surface area contributed by atoms with Crippen molar-refractivity contribution in [2.24, 2.45) is 0 Å². The van der Waals surface area contributed by atoms with Gasteiger partial charge in [-0.2, -0.15) is 0 Å². The molecule has 2 heteroatoms. The van der Waals surface area contributed by atoms with Crippen molar-refractivity contribution in [2.45, 2.75) is 190 Å². The van der Waals surface area contributed by atoms with Crippen molar-refractivity contribution in [3.63, 3.8) is 0 Å².